The summed E-state index contributed by atoms with van der Waals surface area (Å²) in [6.07, 6.45) is 2.50. The molecule has 0 radical (unpaired) electrons. The van der Waals surface area contributed by atoms with E-state index >= 15 is 0 Å². The number of nitrogens with two attached hydrogens (primary N) is 1. The van der Waals surface area contributed by atoms with E-state index in [9.17, 15) is 0 Å². The number of anilines is 1. The van der Waals surface area contributed by atoms with Crippen LogP contribution >= 0.6 is 11.6 Å². The highest BCUT2D eigenvalue weighted by Gasteiger charge is 1.97. The molecule has 0 unspecified atom stereocenters. The summed E-state index contributed by atoms with van der Waals surface area (Å²) in [5.41, 5.74) is 7.77. The second kappa shape index (κ2) is 7.50. The fourth-order valence-corrected chi connectivity index (χ4v) is 1.83. The van der Waals surface area contributed by atoms with E-state index in [-0.39, 0.29) is 0 Å². The van der Waals surface area contributed by atoms with E-state index in [4.69, 9.17) is 22.1 Å². The molecule has 0 amide bonds. The predicted octanol–water partition coefficient (Wildman–Crippen LogP) is 2.71. The first-order valence-corrected chi connectivity index (χ1v) is 6.86. The molecule has 0 fully saturated rings. The van der Waals surface area contributed by atoms with E-state index in [0.717, 1.165) is 23.4 Å². The Balaban J connectivity index is 1.84. The third-order valence-corrected chi connectivity index (χ3v) is 3.06. The topological polar surface area (TPSA) is 72.5 Å². The lowest BCUT2D eigenvalue weighted by Gasteiger charge is -2.06. The minimum absolute atomic E-state index is 0.377. The number of guanidine groups is 1. The quantitative estimate of drug-likeness (QED) is 0.506. The summed E-state index contributed by atoms with van der Waals surface area (Å²) in [4.78, 5) is 8.29. The fourth-order valence-electron chi connectivity index (χ4n) is 1.72. The molecular formula is C15H17ClN4O. The largest absolute Gasteiger partial charge is 0.497 e. The van der Waals surface area contributed by atoms with Crippen molar-refractivity contribution < 1.29 is 4.74 Å². The van der Waals surface area contributed by atoms with Gasteiger partial charge in [-0.3, -0.25) is 4.99 Å². The maximum atomic E-state index is 5.84. The predicted molar refractivity (Wildman–Crippen MR) is 86.1 cm³/mol. The van der Waals surface area contributed by atoms with Crippen molar-refractivity contribution in [2.45, 2.75) is 6.42 Å². The molecule has 21 heavy (non-hydrogen) atoms. The van der Waals surface area contributed by atoms with Crippen molar-refractivity contribution in [3.63, 3.8) is 0 Å². The number of pyridine rings is 1. The lowest BCUT2D eigenvalue weighted by molar-refractivity contribution is 0.415. The average Bonchev–Trinajstić information content (AvgIpc) is 2.50. The summed E-state index contributed by atoms with van der Waals surface area (Å²) in [6.45, 7) is 0.582. The molecule has 2 rings (SSSR count). The van der Waals surface area contributed by atoms with Gasteiger partial charge in [0, 0.05) is 18.4 Å². The summed E-state index contributed by atoms with van der Waals surface area (Å²) >= 11 is 5.73. The van der Waals surface area contributed by atoms with Crippen LogP contribution < -0.4 is 15.8 Å². The number of benzene rings is 1. The second-order valence-corrected chi connectivity index (χ2v) is 4.75. The van der Waals surface area contributed by atoms with Crippen molar-refractivity contribution >= 4 is 23.2 Å². The zero-order valence-corrected chi connectivity index (χ0v) is 12.5. The first-order chi connectivity index (χ1) is 10.2. The van der Waals surface area contributed by atoms with Crippen molar-refractivity contribution in [3.8, 4) is 5.75 Å². The third kappa shape index (κ3) is 4.96. The Labute approximate surface area is 128 Å². The first-order valence-electron chi connectivity index (χ1n) is 6.49. The van der Waals surface area contributed by atoms with Crippen molar-refractivity contribution in [1.82, 2.24) is 4.98 Å². The maximum absolute atomic E-state index is 5.84. The summed E-state index contributed by atoms with van der Waals surface area (Å²) in [5, 5.41) is 3.51. The molecule has 6 heteroatoms. The van der Waals surface area contributed by atoms with E-state index in [2.05, 4.69) is 15.3 Å². The molecule has 0 saturated carbocycles. The Morgan fingerprint density at radius 1 is 1.29 bits per heavy atom. The Bertz CT molecular complexity index is 596. The van der Waals surface area contributed by atoms with Gasteiger partial charge < -0.3 is 15.8 Å². The lowest BCUT2D eigenvalue weighted by atomic mass is 10.2. The molecule has 3 N–H and O–H groups in total. The van der Waals surface area contributed by atoms with E-state index in [1.54, 1.807) is 19.4 Å². The van der Waals surface area contributed by atoms with E-state index < -0.39 is 0 Å². The normalized spacial score (nSPS) is 11.2. The fraction of sp³-hybridized carbons (Fsp3) is 0.200. The van der Waals surface area contributed by atoms with Gasteiger partial charge in [0.2, 0.25) is 0 Å². The zero-order chi connectivity index (χ0) is 15.1. The van der Waals surface area contributed by atoms with E-state index in [1.807, 2.05) is 30.3 Å². The average molecular weight is 305 g/mol. The smallest absolute Gasteiger partial charge is 0.193 e. The molecular weight excluding hydrogens is 288 g/mol. The highest BCUT2D eigenvalue weighted by molar-refractivity contribution is 6.29. The van der Waals surface area contributed by atoms with Crippen LogP contribution in [0, 0.1) is 0 Å². The van der Waals surface area contributed by atoms with Crippen LogP contribution in [0.2, 0.25) is 5.15 Å². The summed E-state index contributed by atoms with van der Waals surface area (Å²) in [5.74, 6) is 1.17. The van der Waals surface area contributed by atoms with Gasteiger partial charge in [0.05, 0.1) is 7.11 Å². The summed E-state index contributed by atoms with van der Waals surface area (Å²) in [7, 11) is 1.63. The number of ether oxygens (including phenoxy) is 1. The molecule has 1 aromatic heterocycles. The van der Waals surface area contributed by atoms with Crippen LogP contribution in [0.4, 0.5) is 5.69 Å². The Morgan fingerprint density at radius 2 is 2.05 bits per heavy atom. The molecule has 0 aliphatic carbocycles. The molecule has 5 nitrogen and oxygen atoms in total. The van der Waals surface area contributed by atoms with Gasteiger partial charge >= 0.3 is 0 Å². The first kappa shape index (κ1) is 15.1. The van der Waals surface area contributed by atoms with E-state index in [1.165, 1.54) is 0 Å². The van der Waals surface area contributed by atoms with Gasteiger partial charge in [0.1, 0.15) is 10.9 Å². The number of halogens is 1. The van der Waals surface area contributed by atoms with Crippen LogP contribution in [0.25, 0.3) is 0 Å². The van der Waals surface area contributed by atoms with Crippen LogP contribution in [0.1, 0.15) is 5.56 Å². The number of hydrogen-bond donors (Lipinski definition) is 2. The Hall–Kier alpha value is -2.27. The Morgan fingerprint density at radius 3 is 2.67 bits per heavy atom. The zero-order valence-electron chi connectivity index (χ0n) is 11.7. The highest BCUT2D eigenvalue weighted by atomic mass is 35.5. The van der Waals surface area contributed by atoms with Gasteiger partial charge in [-0.2, -0.15) is 0 Å². The highest BCUT2D eigenvalue weighted by Crippen LogP contribution is 2.14. The van der Waals surface area contributed by atoms with Crippen molar-refractivity contribution in [3.05, 3.63) is 53.3 Å². The van der Waals surface area contributed by atoms with Crippen molar-refractivity contribution in [2.75, 3.05) is 19.0 Å². The molecule has 0 aliphatic heterocycles. The maximum Gasteiger partial charge on any atom is 0.193 e. The summed E-state index contributed by atoms with van der Waals surface area (Å²) < 4.78 is 5.09. The molecule has 0 saturated heterocycles. The number of methoxy groups -OCH3 is 1. The molecule has 110 valence electrons. The number of hydrogen-bond acceptors (Lipinski definition) is 3. The summed E-state index contributed by atoms with van der Waals surface area (Å²) in [6, 6.07) is 11.2. The van der Waals surface area contributed by atoms with Crippen LogP contribution in [0.5, 0.6) is 5.75 Å². The second-order valence-electron chi connectivity index (χ2n) is 4.36. The lowest BCUT2D eigenvalue weighted by Crippen LogP contribution is -2.23. The minimum Gasteiger partial charge on any atom is -0.497 e. The molecule has 0 atom stereocenters. The van der Waals surface area contributed by atoms with Gasteiger partial charge in [-0.1, -0.05) is 17.7 Å². The van der Waals surface area contributed by atoms with Gasteiger partial charge in [-0.25, -0.2) is 4.98 Å². The standard InChI is InChI=1S/C15H17ClN4O/c1-21-13-5-3-12(4-6-13)20-15(17)18-9-8-11-2-7-14(16)19-10-11/h2-7,10H,8-9H2,1H3,(H3,17,18,20). The minimum atomic E-state index is 0.377. The van der Waals surface area contributed by atoms with Crippen LogP contribution in [-0.4, -0.2) is 24.6 Å². The third-order valence-electron chi connectivity index (χ3n) is 2.83. The van der Waals surface area contributed by atoms with Gasteiger partial charge in [-0.05, 0) is 42.3 Å². The molecule has 2 aromatic rings. The number of rotatable bonds is 5. The molecule has 1 heterocycles. The van der Waals surface area contributed by atoms with Crippen molar-refractivity contribution in [1.29, 1.82) is 0 Å². The monoisotopic (exact) mass is 304 g/mol. The van der Waals surface area contributed by atoms with Gasteiger partial charge in [-0.15, -0.1) is 0 Å². The number of aromatic nitrogens is 1. The van der Waals surface area contributed by atoms with Crippen LogP contribution in [0.15, 0.2) is 47.6 Å². The Kier molecular flexibility index (Phi) is 5.40. The van der Waals surface area contributed by atoms with Gasteiger partial charge in [0.25, 0.3) is 0 Å². The number of aliphatic imine (C=N–C) groups is 1. The molecule has 0 aliphatic rings. The molecule has 1 aromatic carbocycles. The van der Waals surface area contributed by atoms with E-state index in [0.29, 0.717) is 17.7 Å². The number of nitrogens with zero attached hydrogens (tertiary/aromatic N) is 2. The van der Waals surface area contributed by atoms with Crippen LogP contribution in [-0.2, 0) is 6.42 Å². The van der Waals surface area contributed by atoms with Crippen molar-refractivity contribution in [2.24, 2.45) is 10.7 Å². The van der Waals surface area contributed by atoms with Gasteiger partial charge in [0.15, 0.2) is 5.96 Å². The molecule has 0 bridgehead atoms. The SMILES string of the molecule is COc1ccc(NC(N)=NCCc2ccc(Cl)nc2)cc1. The van der Waals surface area contributed by atoms with Crippen LogP contribution in [0.3, 0.4) is 0 Å². The molecule has 0 spiro atoms. The number of nitrogens with one attached hydrogen (secondary N) is 1.